The van der Waals surface area contributed by atoms with Gasteiger partial charge in [-0.15, -0.1) is 0 Å². The Hall–Kier alpha value is -2.14. The first-order chi connectivity index (χ1) is 9.72. The Morgan fingerprint density at radius 3 is 2.55 bits per heavy atom. The van der Waals surface area contributed by atoms with E-state index in [1.807, 2.05) is 13.0 Å². The lowest BCUT2D eigenvalue weighted by atomic mass is 9.98. The van der Waals surface area contributed by atoms with Crippen LogP contribution in [-0.4, -0.2) is 16.5 Å². The molecule has 5 heteroatoms. The third-order valence-corrected chi connectivity index (χ3v) is 3.46. The molecule has 20 heavy (non-hydrogen) atoms. The van der Waals surface area contributed by atoms with Gasteiger partial charge in [0.15, 0.2) is 0 Å². The summed E-state index contributed by atoms with van der Waals surface area (Å²) in [5.74, 6) is 7.39. The topological polar surface area (TPSA) is 75.9 Å². The molecule has 0 saturated carbocycles. The van der Waals surface area contributed by atoms with Gasteiger partial charge in [-0.3, -0.25) is 0 Å². The zero-order chi connectivity index (χ0) is 14.4. The highest BCUT2D eigenvalue weighted by atomic mass is 15.3. The third kappa shape index (κ3) is 3.45. The van der Waals surface area contributed by atoms with Crippen molar-refractivity contribution in [3.8, 4) is 0 Å². The molecule has 0 fully saturated rings. The van der Waals surface area contributed by atoms with Crippen LogP contribution in [0.2, 0.25) is 0 Å². The van der Waals surface area contributed by atoms with E-state index in [0.717, 1.165) is 24.3 Å². The van der Waals surface area contributed by atoms with Crippen molar-refractivity contribution in [2.24, 2.45) is 5.84 Å². The lowest BCUT2D eigenvalue weighted by molar-refractivity contribution is 0.704. The molecule has 1 heterocycles. The summed E-state index contributed by atoms with van der Waals surface area (Å²) in [6, 6.07) is 10.5. The average Bonchev–Trinajstić information content (AvgIpc) is 2.49. The number of hydrazine groups is 1. The summed E-state index contributed by atoms with van der Waals surface area (Å²) in [6.07, 6.45) is 2.55. The van der Waals surface area contributed by atoms with E-state index in [1.54, 1.807) is 0 Å². The zero-order valence-corrected chi connectivity index (χ0v) is 11.9. The maximum Gasteiger partial charge on any atom is 0.148 e. The fourth-order valence-electron chi connectivity index (χ4n) is 2.13. The van der Waals surface area contributed by atoms with Gasteiger partial charge in [-0.1, -0.05) is 37.3 Å². The normalized spacial score (nSPS) is 11.9. The second-order valence-corrected chi connectivity index (χ2v) is 4.87. The van der Waals surface area contributed by atoms with E-state index >= 15 is 0 Å². The summed E-state index contributed by atoms with van der Waals surface area (Å²) < 4.78 is 0. The van der Waals surface area contributed by atoms with Crippen molar-refractivity contribution in [2.45, 2.75) is 26.2 Å². The lowest BCUT2D eigenvalue weighted by Gasteiger charge is -2.14. The SMILES string of the molecule is Cc1c(NN)ncnc1NCCC(C)c1ccccc1. The van der Waals surface area contributed by atoms with Gasteiger partial charge in [0, 0.05) is 12.1 Å². The molecule has 0 aliphatic carbocycles. The van der Waals surface area contributed by atoms with Crippen LogP contribution < -0.4 is 16.6 Å². The molecule has 0 spiro atoms. The summed E-state index contributed by atoms with van der Waals surface area (Å²) in [5.41, 5.74) is 4.86. The van der Waals surface area contributed by atoms with Crippen LogP contribution in [0.3, 0.4) is 0 Å². The Labute approximate surface area is 119 Å². The van der Waals surface area contributed by atoms with E-state index < -0.39 is 0 Å². The summed E-state index contributed by atoms with van der Waals surface area (Å²) >= 11 is 0. The molecule has 0 aliphatic heterocycles. The standard InChI is InChI=1S/C15H21N5/c1-11(13-6-4-3-5-7-13)8-9-17-14-12(2)15(20-16)19-10-18-14/h3-7,10-11H,8-9,16H2,1-2H3,(H2,17,18,19,20). The first-order valence-corrected chi connectivity index (χ1v) is 6.79. The number of benzene rings is 1. The number of nitrogens with zero attached hydrogens (tertiary/aromatic N) is 2. The van der Waals surface area contributed by atoms with Crippen LogP contribution >= 0.6 is 0 Å². The van der Waals surface area contributed by atoms with Gasteiger partial charge in [-0.2, -0.15) is 0 Å². The summed E-state index contributed by atoms with van der Waals surface area (Å²) in [4.78, 5) is 8.30. The van der Waals surface area contributed by atoms with Crippen molar-refractivity contribution in [1.29, 1.82) is 0 Å². The number of rotatable bonds is 6. The van der Waals surface area contributed by atoms with E-state index in [2.05, 4.69) is 51.9 Å². The lowest BCUT2D eigenvalue weighted by Crippen LogP contribution is -2.13. The van der Waals surface area contributed by atoms with Gasteiger partial charge in [0.25, 0.3) is 0 Å². The van der Waals surface area contributed by atoms with Gasteiger partial charge in [0.1, 0.15) is 18.0 Å². The van der Waals surface area contributed by atoms with Crippen molar-refractivity contribution in [1.82, 2.24) is 9.97 Å². The molecule has 1 aromatic heterocycles. The maximum atomic E-state index is 5.40. The van der Waals surface area contributed by atoms with Crippen LogP contribution in [0.25, 0.3) is 0 Å². The third-order valence-electron chi connectivity index (χ3n) is 3.46. The number of nitrogens with two attached hydrogens (primary N) is 1. The Morgan fingerprint density at radius 1 is 1.15 bits per heavy atom. The molecule has 0 amide bonds. The number of nitrogen functional groups attached to an aromatic ring is 1. The Balaban J connectivity index is 1.90. The molecular formula is C15H21N5. The molecule has 0 aliphatic rings. The van der Waals surface area contributed by atoms with Crippen molar-refractivity contribution >= 4 is 11.6 Å². The molecule has 2 rings (SSSR count). The highest BCUT2D eigenvalue weighted by molar-refractivity contribution is 5.55. The van der Waals surface area contributed by atoms with Crippen LogP contribution in [0, 0.1) is 6.92 Å². The molecule has 1 unspecified atom stereocenters. The Morgan fingerprint density at radius 2 is 1.85 bits per heavy atom. The van der Waals surface area contributed by atoms with E-state index in [0.29, 0.717) is 11.7 Å². The zero-order valence-electron chi connectivity index (χ0n) is 11.9. The molecule has 1 atom stereocenters. The average molecular weight is 271 g/mol. The minimum Gasteiger partial charge on any atom is -0.370 e. The second-order valence-electron chi connectivity index (χ2n) is 4.87. The number of hydrogen-bond acceptors (Lipinski definition) is 5. The maximum absolute atomic E-state index is 5.40. The number of hydrogen-bond donors (Lipinski definition) is 3. The summed E-state index contributed by atoms with van der Waals surface area (Å²) in [7, 11) is 0. The Kier molecular flexibility index (Phi) is 4.90. The van der Waals surface area contributed by atoms with Gasteiger partial charge >= 0.3 is 0 Å². The fourth-order valence-corrected chi connectivity index (χ4v) is 2.13. The smallest absolute Gasteiger partial charge is 0.148 e. The molecular weight excluding hydrogens is 250 g/mol. The molecule has 106 valence electrons. The van der Waals surface area contributed by atoms with E-state index in [1.165, 1.54) is 11.9 Å². The molecule has 0 saturated heterocycles. The van der Waals surface area contributed by atoms with Gasteiger partial charge in [-0.25, -0.2) is 15.8 Å². The predicted octanol–water partition coefficient (Wildman–Crippen LogP) is 2.68. The van der Waals surface area contributed by atoms with Gasteiger partial charge < -0.3 is 10.7 Å². The quantitative estimate of drug-likeness (QED) is 0.556. The molecule has 1 aromatic carbocycles. The molecule has 0 radical (unpaired) electrons. The molecule has 0 bridgehead atoms. The number of anilines is 2. The first-order valence-electron chi connectivity index (χ1n) is 6.79. The molecule has 5 nitrogen and oxygen atoms in total. The largest absolute Gasteiger partial charge is 0.370 e. The minimum absolute atomic E-state index is 0.512. The van der Waals surface area contributed by atoms with Gasteiger partial charge in [-0.05, 0) is 24.8 Å². The van der Waals surface area contributed by atoms with Crippen LogP contribution in [0.4, 0.5) is 11.6 Å². The van der Waals surface area contributed by atoms with Crippen LogP contribution in [0.5, 0.6) is 0 Å². The second kappa shape index (κ2) is 6.86. The van der Waals surface area contributed by atoms with Crippen molar-refractivity contribution < 1.29 is 0 Å². The highest BCUT2D eigenvalue weighted by Crippen LogP contribution is 2.20. The van der Waals surface area contributed by atoms with Gasteiger partial charge in [0.2, 0.25) is 0 Å². The van der Waals surface area contributed by atoms with Gasteiger partial charge in [0.05, 0.1) is 0 Å². The van der Waals surface area contributed by atoms with Crippen LogP contribution in [0.1, 0.15) is 30.4 Å². The molecule has 4 N–H and O–H groups in total. The van der Waals surface area contributed by atoms with E-state index in [9.17, 15) is 0 Å². The van der Waals surface area contributed by atoms with Crippen LogP contribution in [-0.2, 0) is 0 Å². The number of nitrogens with one attached hydrogen (secondary N) is 2. The predicted molar refractivity (Wildman–Crippen MR) is 82.5 cm³/mol. The van der Waals surface area contributed by atoms with E-state index in [4.69, 9.17) is 5.84 Å². The number of aromatic nitrogens is 2. The van der Waals surface area contributed by atoms with Crippen molar-refractivity contribution in [3.63, 3.8) is 0 Å². The first kappa shape index (κ1) is 14.3. The van der Waals surface area contributed by atoms with Crippen molar-refractivity contribution in [3.05, 3.63) is 47.8 Å². The van der Waals surface area contributed by atoms with E-state index in [-0.39, 0.29) is 0 Å². The monoisotopic (exact) mass is 271 g/mol. The fraction of sp³-hybridized carbons (Fsp3) is 0.333. The van der Waals surface area contributed by atoms with Crippen molar-refractivity contribution in [2.75, 3.05) is 17.3 Å². The Bertz CT molecular complexity index is 541. The summed E-state index contributed by atoms with van der Waals surface area (Å²) in [6.45, 7) is 5.03. The molecule has 2 aromatic rings. The minimum atomic E-state index is 0.512. The van der Waals surface area contributed by atoms with Crippen LogP contribution in [0.15, 0.2) is 36.7 Å². The highest BCUT2D eigenvalue weighted by Gasteiger charge is 2.07. The summed E-state index contributed by atoms with van der Waals surface area (Å²) in [5, 5.41) is 3.34.